The van der Waals surface area contributed by atoms with Crippen molar-refractivity contribution >= 4 is 5.82 Å². The molecule has 2 heterocycles. The van der Waals surface area contributed by atoms with Gasteiger partial charge in [-0.1, -0.05) is 6.42 Å². The van der Waals surface area contributed by atoms with E-state index in [4.69, 9.17) is 5.84 Å². The minimum atomic E-state index is 0.605. The topological polar surface area (TPSA) is 67.1 Å². The van der Waals surface area contributed by atoms with Crippen LogP contribution in [0.5, 0.6) is 0 Å². The van der Waals surface area contributed by atoms with E-state index in [1.165, 1.54) is 19.3 Å². The Balaban J connectivity index is 2.03. The van der Waals surface area contributed by atoms with Gasteiger partial charge in [-0.05, 0) is 26.7 Å². The second-order valence-corrected chi connectivity index (χ2v) is 4.84. The predicted octanol–water partition coefficient (Wildman–Crippen LogP) is 1.53. The van der Waals surface area contributed by atoms with Crippen molar-refractivity contribution < 1.29 is 0 Å². The Morgan fingerprint density at radius 1 is 1.29 bits per heavy atom. The van der Waals surface area contributed by atoms with Crippen molar-refractivity contribution in [3.8, 4) is 0 Å². The highest BCUT2D eigenvalue weighted by atomic mass is 15.3. The number of piperidine rings is 1. The quantitative estimate of drug-likeness (QED) is 0.614. The molecule has 0 saturated carbocycles. The van der Waals surface area contributed by atoms with Crippen molar-refractivity contribution in [2.45, 2.75) is 51.7 Å². The third kappa shape index (κ3) is 2.92. The van der Waals surface area contributed by atoms with E-state index in [-0.39, 0.29) is 0 Å². The molecule has 0 radical (unpaired) electrons. The van der Waals surface area contributed by atoms with Crippen LogP contribution < -0.4 is 11.3 Å². The van der Waals surface area contributed by atoms with Crippen LogP contribution in [-0.4, -0.2) is 27.0 Å². The number of hydrazine groups is 1. The van der Waals surface area contributed by atoms with Gasteiger partial charge in [-0.3, -0.25) is 9.88 Å². The van der Waals surface area contributed by atoms with E-state index >= 15 is 0 Å². The SMILES string of the molecule is C[C@@H]1CCC[C@H](C)N1Cc1cnc(NN)cn1. The van der Waals surface area contributed by atoms with Gasteiger partial charge in [0.2, 0.25) is 0 Å². The smallest absolute Gasteiger partial charge is 0.158 e. The average molecular weight is 235 g/mol. The third-order valence-corrected chi connectivity index (χ3v) is 3.57. The first kappa shape index (κ1) is 12.3. The first-order valence-corrected chi connectivity index (χ1v) is 6.24. The summed E-state index contributed by atoms with van der Waals surface area (Å²) >= 11 is 0. The van der Waals surface area contributed by atoms with Crippen LogP contribution in [0.25, 0.3) is 0 Å². The second-order valence-electron chi connectivity index (χ2n) is 4.84. The lowest BCUT2D eigenvalue weighted by Gasteiger charge is -2.38. The van der Waals surface area contributed by atoms with E-state index in [0.29, 0.717) is 17.9 Å². The van der Waals surface area contributed by atoms with Crippen molar-refractivity contribution in [2.24, 2.45) is 5.84 Å². The molecule has 1 fully saturated rings. The van der Waals surface area contributed by atoms with Gasteiger partial charge < -0.3 is 5.43 Å². The van der Waals surface area contributed by atoms with E-state index in [9.17, 15) is 0 Å². The molecule has 5 heteroatoms. The van der Waals surface area contributed by atoms with Gasteiger partial charge >= 0.3 is 0 Å². The molecule has 1 aliphatic rings. The number of rotatable bonds is 3. The van der Waals surface area contributed by atoms with Gasteiger partial charge in [0.15, 0.2) is 5.82 Å². The van der Waals surface area contributed by atoms with Crippen LogP contribution in [0, 0.1) is 0 Å². The van der Waals surface area contributed by atoms with E-state index in [1.54, 1.807) is 12.4 Å². The number of likely N-dealkylation sites (tertiary alicyclic amines) is 1. The van der Waals surface area contributed by atoms with Crippen LogP contribution in [-0.2, 0) is 6.54 Å². The fourth-order valence-corrected chi connectivity index (χ4v) is 2.48. The Bertz CT molecular complexity index is 340. The number of hydrogen-bond acceptors (Lipinski definition) is 5. The Morgan fingerprint density at radius 3 is 2.53 bits per heavy atom. The van der Waals surface area contributed by atoms with Gasteiger partial charge in [-0.25, -0.2) is 10.8 Å². The zero-order valence-electron chi connectivity index (χ0n) is 10.6. The first-order chi connectivity index (χ1) is 8.20. The summed E-state index contributed by atoms with van der Waals surface area (Å²) in [4.78, 5) is 11.1. The van der Waals surface area contributed by atoms with Crippen LogP contribution in [0.1, 0.15) is 38.8 Å². The van der Waals surface area contributed by atoms with Gasteiger partial charge in [-0.15, -0.1) is 0 Å². The molecule has 94 valence electrons. The summed E-state index contributed by atoms with van der Waals surface area (Å²) in [5, 5.41) is 0. The molecule has 17 heavy (non-hydrogen) atoms. The highest BCUT2D eigenvalue weighted by Crippen LogP contribution is 2.23. The van der Waals surface area contributed by atoms with Gasteiger partial charge in [0.1, 0.15) is 0 Å². The molecule has 1 aliphatic heterocycles. The summed E-state index contributed by atoms with van der Waals surface area (Å²) in [5.74, 6) is 5.87. The van der Waals surface area contributed by atoms with E-state index in [2.05, 4.69) is 34.1 Å². The van der Waals surface area contributed by atoms with Crippen molar-refractivity contribution in [3.05, 3.63) is 18.1 Å². The van der Waals surface area contributed by atoms with E-state index < -0.39 is 0 Å². The zero-order chi connectivity index (χ0) is 12.3. The fraction of sp³-hybridized carbons (Fsp3) is 0.667. The lowest BCUT2D eigenvalue weighted by Crippen LogP contribution is -2.43. The molecule has 1 aromatic heterocycles. The summed E-state index contributed by atoms with van der Waals surface area (Å²) < 4.78 is 0. The molecule has 0 amide bonds. The number of nitrogens with one attached hydrogen (secondary N) is 1. The van der Waals surface area contributed by atoms with Crippen LogP contribution in [0.3, 0.4) is 0 Å². The molecule has 0 aromatic carbocycles. The summed E-state index contributed by atoms with van der Waals surface area (Å²) in [6, 6.07) is 1.26. The summed E-state index contributed by atoms with van der Waals surface area (Å²) in [5.41, 5.74) is 3.49. The molecule has 2 atom stereocenters. The average Bonchev–Trinajstić information content (AvgIpc) is 2.35. The maximum absolute atomic E-state index is 5.27. The van der Waals surface area contributed by atoms with E-state index in [0.717, 1.165) is 12.2 Å². The highest BCUT2D eigenvalue weighted by Gasteiger charge is 2.24. The van der Waals surface area contributed by atoms with Gasteiger partial charge in [-0.2, -0.15) is 0 Å². The number of anilines is 1. The zero-order valence-corrected chi connectivity index (χ0v) is 10.6. The molecular weight excluding hydrogens is 214 g/mol. The standard InChI is InChI=1S/C12H21N5/c1-9-4-3-5-10(2)17(9)8-11-6-15-12(16-13)7-14-11/h6-7,9-10H,3-5,8,13H2,1-2H3,(H,15,16)/t9-,10+. The maximum atomic E-state index is 5.27. The summed E-state index contributed by atoms with van der Waals surface area (Å²) in [6.07, 6.45) is 7.36. The van der Waals surface area contributed by atoms with Crippen molar-refractivity contribution in [2.75, 3.05) is 5.43 Å². The van der Waals surface area contributed by atoms with Crippen LogP contribution in [0.15, 0.2) is 12.4 Å². The van der Waals surface area contributed by atoms with Crippen molar-refractivity contribution in [1.82, 2.24) is 14.9 Å². The van der Waals surface area contributed by atoms with Crippen molar-refractivity contribution in [3.63, 3.8) is 0 Å². The molecule has 1 saturated heterocycles. The molecule has 2 rings (SSSR count). The van der Waals surface area contributed by atoms with Gasteiger partial charge in [0, 0.05) is 18.6 Å². The maximum Gasteiger partial charge on any atom is 0.158 e. The molecule has 0 aliphatic carbocycles. The summed E-state index contributed by atoms with van der Waals surface area (Å²) in [6.45, 7) is 5.46. The van der Waals surface area contributed by atoms with Crippen LogP contribution in [0.4, 0.5) is 5.82 Å². The largest absolute Gasteiger partial charge is 0.307 e. The lowest BCUT2D eigenvalue weighted by atomic mass is 9.97. The molecule has 0 unspecified atom stereocenters. The minimum absolute atomic E-state index is 0.605. The third-order valence-electron chi connectivity index (χ3n) is 3.57. The number of aromatic nitrogens is 2. The normalized spacial score (nSPS) is 25.8. The Hall–Kier alpha value is -1.20. The molecule has 0 spiro atoms. The monoisotopic (exact) mass is 235 g/mol. The lowest BCUT2D eigenvalue weighted by molar-refractivity contribution is 0.0937. The highest BCUT2D eigenvalue weighted by molar-refractivity contribution is 5.28. The molecular formula is C12H21N5. The van der Waals surface area contributed by atoms with Crippen LogP contribution >= 0.6 is 0 Å². The molecule has 0 bridgehead atoms. The number of nitrogens with zero attached hydrogens (tertiary/aromatic N) is 3. The predicted molar refractivity (Wildman–Crippen MR) is 68.2 cm³/mol. The summed E-state index contributed by atoms with van der Waals surface area (Å²) in [7, 11) is 0. The Labute approximate surface area is 102 Å². The van der Waals surface area contributed by atoms with Crippen molar-refractivity contribution in [1.29, 1.82) is 0 Å². The van der Waals surface area contributed by atoms with Gasteiger partial charge in [0.25, 0.3) is 0 Å². The van der Waals surface area contributed by atoms with Crippen LogP contribution in [0.2, 0.25) is 0 Å². The Morgan fingerprint density at radius 2 is 2.00 bits per heavy atom. The van der Waals surface area contributed by atoms with E-state index in [1.807, 2.05) is 0 Å². The first-order valence-electron chi connectivity index (χ1n) is 6.24. The molecule has 3 N–H and O–H groups in total. The number of nitrogens with two attached hydrogens (primary N) is 1. The number of nitrogen functional groups attached to an aromatic ring is 1. The second kappa shape index (κ2) is 5.42. The molecule has 1 aromatic rings. The minimum Gasteiger partial charge on any atom is -0.307 e. The Kier molecular flexibility index (Phi) is 3.91. The van der Waals surface area contributed by atoms with Gasteiger partial charge in [0.05, 0.1) is 18.1 Å². The number of hydrogen-bond donors (Lipinski definition) is 2. The fourth-order valence-electron chi connectivity index (χ4n) is 2.48. The molecule has 5 nitrogen and oxygen atoms in total.